The van der Waals surface area contributed by atoms with E-state index in [4.69, 9.17) is 10.8 Å². The van der Waals surface area contributed by atoms with Crippen molar-refractivity contribution in [2.75, 3.05) is 6.61 Å². The maximum Gasteiger partial charge on any atom is 0.326 e. The number of aliphatic hydroxyl groups excluding tert-OH is 1. The molecule has 0 aliphatic rings. The lowest BCUT2D eigenvalue weighted by atomic mass is 9.94. The van der Waals surface area contributed by atoms with Gasteiger partial charge in [-0.25, -0.2) is 9.78 Å². The maximum absolute atomic E-state index is 13.1. The lowest BCUT2D eigenvalue weighted by molar-refractivity contribution is -0.142. The van der Waals surface area contributed by atoms with Crippen LogP contribution >= 0.6 is 0 Å². The second-order valence-corrected chi connectivity index (χ2v) is 8.21. The summed E-state index contributed by atoms with van der Waals surface area (Å²) in [5.41, 5.74) is 6.08. The number of aliphatic carboxylic acids is 1. The highest BCUT2D eigenvalue weighted by atomic mass is 16.4. The van der Waals surface area contributed by atoms with Crippen molar-refractivity contribution in [1.82, 2.24) is 25.9 Å². The molecular formula is C21H36N6O6. The van der Waals surface area contributed by atoms with Gasteiger partial charge in [-0.3, -0.25) is 14.4 Å². The normalized spacial score (nSPS) is 16.5. The van der Waals surface area contributed by atoms with Gasteiger partial charge >= 0.3 is 5.97 Å². The molecule has 186 valence electrons. The van der Waals surface area contributed by atoms with Crippen molar-refractivity contribution in [2.24, 2.45) is 17.6 Å². The van der Waals surface area contributed by atoms with Gasteiger partial charge in [-0.1, -0.05) is 40.5 Å². The number of hydrogen-bond acceptors (Lipinski definition) is 7. The third kappa shape index (κ3) is 8.46. The van der Waals surface area contributed by atoms with Crippen LogP contribution in [-0.4, -0.2) is 74.6 Å². The van der Waals surface area contributed by atoms with E-state index in [9.17, 15) is 24.3 Å². The van der Waals surface area contributed by atoms with Gasteiger partial charge in [-0.2, -0.15) is 0 Å². The molecule has 0 fully saturated rings. The van der Waals surface area contributed by atoms with Gasteiger partial charge in [0.1, 0.15) is 24.2 Å². The van der Waals surface area contributed by atoms with E-state index in [1.54, 1.807) is 13.8 Å². The number of hydrogen-bond donors (Lipinski definition) is 7. The standard InChI is InChI=1S/C21H36N6O6/c1-5-11(3)16(19(30)25-15(21(32)33)7-13-8-23-10-24-13)27-20(31)17(12(4)6-2)26-18(29)14(22)9-28/h8,10-12,14-17,28H,5-7,9,22H2,1-4H3,(H,23,24)(H,25,30)(H,26,29)(H,27,31)(H,32,33). The molecule has 1 aromatic rings. The minimum atomic E-state index is -1.23. The van der Waals surface area contributed by atoms with Gasteiger partial charge in [-0.15, -0.1) is 0 Å². The van der Waals surface area contributed by atoms with Crippen LogP contribution in [0.25, 0.3) is 0 Å². The summed E-state index contributed by atoms with van der Waals surface area (Å²) in [5, 5.41) is 26.3. The summed E-state index contributed by atoms with van der Waals surface area (Å²) in [6, 6.07) is -4.42. The van der Waals surface area contributed by atoms with E-state index in [1.165, 1.54) is 12.5 Å². The number of aliphatic hydroxyl groups is 1. The summed E-state index contributed by atoms with van der Waals surface area (Å²) < 4.78 is 0. The summed E-state index contributed by atoms with van der Waals surface area (Å²) in [4.78, 5) is 56.5. The maximum atomic E-state index is 13.1. The second kappa shape index (κ2) is 13.5. The zero-order valence-electron chi connectivity index (χ0n) is 19.5. The monoisotopic (exact) mass is 468 g/mol. The predicted molar refractivity (Wildman–Crippen MR) is 120 cm³/mol. The van der Waals surface area contributed by atoms with Gasteiger partial charge in [0.2, 0.25) is 17.7 Å². The Bertz CT molecular complexity index is 786. The van der Waals surface area contributed by atoms with Crippen molar-refractivity contribution in [1.29, 1.82) is 0 Å². The van der Waals surface area contributed by atoms with Crippen molar-refractivity contribution in [3.63, 3.8) is 0 Å². The van der Waals surface area contributed by atoms with Crippen molar-refractivity contribution < 1.29 is 29.4 Å². The predicted octanol–water partition coefficient (Wildman–Crippen LogP) is -1.10. The zero-order valence-corrected chi connectivity index (χ0v) is 19.5. The smallest absolute Gasteiger partial charge is 0.326 e. The van der Waals surface area contributed by atoms with Gasteiger partial charge in [-0.05, 0) is 11.8 Å². The van der Waals surface area contributed by atoms with Crippen molar-refractivity contribution in [2.45, 2.75) is 71.1 Å². The van der Waals surface area contributed by atoms with Crippen LogP contribution in [0.2, 0.25) is 0 Å². The molecule has 1 heterocycles. The number of imidazole rings is 1. The van der Waals surface area contributed by atoms with E-state index in [0.717, 1.165) is 0 Å². The molecule has 33 heavy (non-hydrogen) atoms. The van der Waals surface area contributed by atoms with E-state index < -0.39 is 54.5 Å². The summed E-state index contributed by atoms with van der Waals surface area (Å²) in [7, 11) is 0. The fourth-order valence-corrected chi connectivity index (χ4v) is 3.07. The molecule has 0 saturated heterocycles. The zero-order chi connectivity index (χ0) is 25.1. The van der Waals surface area contributed by atoms with E-state index >= 15 is 0 Å². The number of rotatable bonds is 14. The molecule has 0 saturated carbocycles. The summed E-state index contributed by atoms with van der Waals surface area (Å²) in [6.45, 7) is 6.62. The number of carboxylic acid groups (broad SMARTS) is 1. The third-order valence-electron chi connectivity index (χ3n) is 5.71. The van der Waals surface area contributed by atoms with Crippen LogP contribution in [0, 0.1) is 11.8 Å². The van der Waals surface area contributed by atoms with Crippen LogP contribution in [0.1, 0.15) is 46.2 Å². The number of nitrogens with two attached hydrogens (primary N) is 1. The first kappa shape index (κ1) is 28.0. The Kier molecular flexibility index (Phi) is 11.5. The molecular weight excluding hydrogens is 432 g/mol. The Hall–Kier alpha value is -2.99. The van der Waals surface area contributed by atoms with Crippen molar-refractivity contribution >= 4 is 23.7 Å². The molecule has 12 nitrogen and oxygen atoms in total. The Morgan fingerprint density at radius 3 is 1.94 bits per heavy atom. The number of aromatic amines is 1. The first-order valence-corrected chi connectivity index (χ1v) is 11.0. The lowest BCUT2D eigenvalue weighted by Gasteiger charge is -2.30. The fraction of sp³-hybridized carbons (Fsp3) is 0.667. The third-order valence-corrected chi connectivity index (χ3v) is 5.71. The minimum Gasteiger partial charge on any atom is -0.480 e. The fourth-order valence-electron chi connectivity index (χ4n) is 3.07. The number of carbonyl (C=O) groups excluding carboxylic acids is 3. The van der Waals surface area contributed by atoms with Crippen molar-refractivity contribution in [3.05, 3.63) is 18.2 Å². The molecule has 0 bridgehead atoms. The van der Waals surface area contributed by atoms with Crippen molar-refractivity contribution in [3.8, 4) is 0 Å². The Balaban J connectivity index is 3.02. The van der Waals surface area contributed by atoms with Crippen LogP contribution in [-0.2, 0) is 25.6 Å². The van der Waals surface area contributed by atoms with Gasteiger partial charge in [0.15, 0.2) is 0 Å². The molecule has 0 aliphatic carbocycles. The molecule has 6 unspecified atom stereocenters. The lowest BCUT2D eigenvalue weighted by Crippen LogP contribution is -2.60. The molecule has 3 amide bonds. The Morgan fingerprint density at radius 2 is 1.52 bits per heavy atom. The highest BCUT2D eigenvalue weighted by Gasteiger charge is 2.34. The molecule has 1 aromatic heterocycles. The highest BCUT2D eigenvalue weighted by molar-refractivity contribution is 5.94. The minimum absolute atomic E-state index is 0.00710. The first-order valence-electron chi connectivity index (χ1n) is 11.0. The van der Waals surface area contributed by atoms with Gasteiger partial charge in [0, 0.05) is 18.3 Å². The first-order chi connectivity index (χ1) is 15.5. The van der Waals surface area contributed by atoms with Gasteiger partial charge in [0.05, 0.1) is 12.9 Å². The average Bonchev–Trinajstić information content (AvgIpc) is 3.31. The number of H-pyrrole nitrogens is 1. The van der Waals surface area contributed by atoms with Crippen LogP contribution in [0.15, 0.2) is 12.5 Å². The number of carbonyl (C=O) groups is 4. The van der Waals surface area contributed by atoms with Crippen LogP contribution in [0.4, 0.5) is 0 Å². The summed E-state index contributed by atoms with van der Waals surface area (Å²) in [5.74, 6) is -3.76. The molecule has 0 aromatic carbocycles. The van der Waals surface area contributed by atoms with E-state index in [0.29, 0.717) is 18.5 Å². The SMILES string of the molecule is CCC(C)C(NC(=O)C(N)CO)C(=O)NC(C(=O)NC(Cc1cnc[nH]1)C(=O)O)C(C)CC. The molecule has 0 spiro atoms. The molecule has 0 aliphatic heterocycles. The highest BCUT2D eigenvalue weighted by Crippen LogP contribution is 2.13. The number of nitrogens with zero attached hydrogens (tertiary/aromatic N) is 1. The van der Waals surface area contributed by atoms with Gasteiger partial charge in [0.25, 0.3) is 0 Å². The molecule has 12 heteroatoms. The average molecular weight is 469 g/mol. The Morgan fingerprint density at radius 1 is 1.00 bits per heavy atom. The largest absolute Gasteiger partial charge is 0.480 e. The molecule has 6 atom stereocenters. The number of nitrogens with one attached hydrogen (secondary N) is 4. The molecule has 8 N–H and O–H groups in total. The molecule has 0 radical (unpaired) electrons. The second-order valence-electron chi connectivity index (χ2n) is 8.21. The van der Waals surface area contributed by atoms with Crippen LogP contribution in [0.3, 0.4) is 0 Å². The van der Waals surface area contributed by atoms with E-state index in [2.05, 4.69) is 25.9 Å². The molecule has 1 rings (SSSR count). The summed E-state index contributed by atoms with van der Waals surface area (Å²) >= 11 is 0. The van der Waals surface area contributed by atoms with E-state index in [1.807, 2.05) is 13.8 Å². The topological polar surface area (TPSA) is 200 Å². The Labute approximate surface area is 193 Å². The van der Waals surface area contributed by atoms with E-state index in [-0.39, 0.29) is 18.3 Å². The number of carboxylic acids is 1. The number of aromatic nitrogens is 2. The number of amides is 3. The summed E-state index contributed by atoms with van der Waals surface area (Å²) in [6.07, 6.45) is 3.95. The van der Waals surface area contributed by atoms with Crippen LogP contribution < -0.4 is 21.7 Å². The quantitative estimate of drug-likeness (QED) is 0.178. The van der Waals surface area contributed by atoms with Crippen LogP contribution in [0.5, 0.6) is 0 Å². The van der Waals surface area contributed by atoms with Gasteiger partial charge < -0.3 is 36.9 Å².